The lowest BCUT2D eigenvalue weighted by Crippen LogP contribution is -2.02. The molecule has 0 unspecified atom stereocenters. The van der Waals surface area contributed by atoms with Crippen LogP contribution >= 0.6 is 0 Å². The van der Waals surface area contributed by atoms with Crippen molar-refractivity contribution in [2.75, 3.05) is 0 Å². The number of carbonyl (C=O) groups is 1. The van der Waals surface area contributed by atoms with Crippen LogP contribution in [-0.2, 0) is 0 Å². The fourth-order valence-corrected chi connectivity index (χ4v) is 1.52. The van der Waals surface area contributed by atoms with E-state index in [4.69, 9.17) is 4.74 Å². The minimum absolute atomic E-state index is 0.142. The first-order valence-electron chi connectivity index (χ1n) is 5.50. The first-order valence-corrected chi connectivity index (χ1v) is 5.50. The SMILES string of the molecule is O=C(c1ccc(OC2CC2)cc1)c1cn[nH]n1. The van der Waals surface area contributed by atoms with Crippen LogP contribution < -0.4 is 4.74 Å². The molecule has 0 atom stereocenters. The van der Waals surface area contributed by atoms with Gasteiger partial charge in [0.15, 0.2) is 5.69 Å². The molecule has 1 aliphatic rings. The standard InChI is InChI=1S/C12H11N3O2/c16-12(11-7-13-15-14-11)8-1-3-9(4-2-8)17-10-5-6-10/h1-4,7,10H,5-6H2,(H,13,14,15). The molecular weight excluding hydrogens is 218 g/mol. The van der Waals surface area contributed by atoms with Crippen LogP contribution in [-0.4, -0.2) is 27.3 Å². The third-order valence-electron chi connectivity index (χ3n) is 2.59. The molecule has 1 N–H and O–H groups in total. The maximum Gasteiger partial charge on any atom is 0.214 e. The van der Waals surface area contributed by atoms with Gasteiger partial charge in [0.1, 0.15) is 5.75 Å². The molecule has 1 aromatic heterocycles. The molecular formula is C12H11N3O2. The van der Waals surface area contributed by atoms with E-state index in [1.54, 1.807) is 12.1 Å². The zero-order valence-electron chi connectivity index (χ0n) is 9.09. The van der Waals surface area contributed by atoms with E-state index in [1.807, 2.05) is 12.1 Å². The Morgan fingerprint density at radius 3 is 2.65 bits per heavy atom. The molecule has 1 heterocycles. The molecule has 0 amide bonds. The number of aromatic nitrogens is 3. The molecule has 1 aromatic carbocycles. The Hall–Kier alpha value is -2.17. The largest absolute Gasteiger partial charge is 0.490 e. The number of benzene rings is 1. The quantitative estimate of drug-likeness (QED) is 0.808. The van der Waals surface area contributed by atoms with E-state index in [9.17, 15) is 4.79 Å². The van der Waals surface area contributed by atoms with Crippen LogP contribution in [0.5, 0.6) is 5.75 Å². The molecule has 0 spiro atoms. The molecule has 0 radical (unpaired) electrons. The van der Waals surface area contributed by atoms with Crippen LogP contribution in [0.4, 0.5) is 0 Å². The second-order valence-electron chi connectivity index (χ2n) is 4.03. The van der Waals surface area contributed by atoms with Crippen molar-refractivity contribution in [2.45, 2.75) is 18.9 Å². The Bertz CT molecular complexity index is 515. The average Bonchev–Trinajstić information content (AvgIpc) is 3.00. The molecule has 86 valence electrons. The summed E-state index contributed by atoms with van der Waals surface area (Å²) in [5.74, 6) is 0.668. The van der Waals surface area contributed by atoms with Gasteiger partial charge in [0, 0.05) is 5.56 Å². The Labute approximate surface area is 97.8 Å². The molecule has 5 nitrogen and oxygen atoms in total. The van der Waals surface area contributed by atoms with Crippen molar-refractivity contribution >= 4 is 5.78 Å². The highest BCUT2D eigenvalue weighted by Crippen LogP contribution is 2.26. The first-order chi connectivity index (χ1) is 8.33. The second-order valence-corrected chi connectivity index (χ2v) is 4.03. The summed E-state index contributed by atoms with van der Waals surface area (Å²) >= 11 is 0. The van der Waals surface area contributed by atoms with Gasteiger partial charge in [-0.3, -0.25) is 4.79 Å². The van der Waals surface area contributed by atoms with Crippen LogP contribution in [0.3, 0.4) is 0 Å². The third kappa shape index (κ3) is 2.18. The molecule has 5 heteroatoms. The fourth-order valence-electron chi connectivity index (χ4n) is 1.52. The maximum absolute atomic E-state index is 11.9. The van der Waals surface area contributed by atoms with E-state index in [-0.39, 0.29) is 5.78 Å². The fraction of sp³-hybridized carbons (Fsp3) is 0.250. The molecule has 0 bridgehead atoms. The third-order valence-corrected chi connectivity index (χ3v) is 2.59. The topological polar surface area (TPSA) is 67.9 Å². The highest BCUT2D eigenvalue weighted by atomic mass is 16.5. The highest BCUT2D eigenvalue weighted by molar-refractivity contribution is 6.07. The van der Waals surface area contributed by atoms with Crippen molar-refractivity contribution in [3.05, 3.63) is 41.7 Å². The molecule has 3 rings (SSSR count). The van der Waals surface area contributed by atoms with Crippen LogP contribution in [0.15, 0.2) is 30.5 Å². The Morgan fingerprint density at radius 1 is 1.29 bits per heavy atom. The summed E-state index contributed by atoms with van der Waals surface area (Å²) in [5.41, 5.74) is 0.905. The summed E-state index contributed by atoms with van der Waals surface area (Å²) < 4.78 is 5.61. The minimum Gasteiger partial charge on any atom is -0.490 e. The van der Waals surface area contributed by atoms with E-state index in [2.05, 4.69) is 15.4 Å². The molecule has 0 saturated heterocycles. The van der Waals surface area contributed by atoms with Crippen molar-refractivity contribution in [2.24, 2.45) is 0 Å². The molecule has 17 heavy (non-hydrogen) atoms. The lowest BCUT2D eigenvalue weighted by molar-refractivity contribution is 0.103. The van der Waals surface area contributed by atoms with Crippen LogP contribution in [0.25, 0.3) is 0 Å². The summed E-state index contributed by atoms with van der Waals surface area (Å²) in [6.45, 7) is 0. The normalized spacial score (nSPS) is 14.6. The Kier molecular flexibility index (Phi) is 2.36. The van der Waals surface area contributed by atoms with Crippen molar-refractivity contribution < 1.29 is 9.53 Å². The van der Waals surface area contributed by atoms with E-state index in [0.717, 1.165) is 18.6 Å². The van der Waals surface area contributed by atoms with Gasteiger partial charge in [-0.25, -0.2) is 0 Å². The van der Waals surface area contributed by atoms with Crippen molar-refractivity contribution in [3.63, 3.8) is 0 Å². The Balaban J connectivity index is 1.77. The van der Waals surface area contributed by atoms with Crippen LogP contribution in [0, 0.1) is 0 Å². The second kappa shape index (κ2) is 4.01. The summed E-state index contributed by atoms with van der Waals surface area (Å²) in [6.07, 6.45) is 4.03. The molecule has 0 aliphatic heterocycles. The van der Waals surface area contributed by atoms with E-state index in [1.165, 1.54) is 6.20 Å². The number of H-pyrrole nitrogens is 1. The van der Waals surface area contributed by atoms with E-state index >= 15 is 0 Å². The number of rotatable bonds is 4. The summed E-state index contributed by atoms with van der Waals surface area (Å²) in [7, 11) is 0. The number of nitrogens with one attached hydrogen (secondary N) is 1. The summed E-state index contributed by atoms with van der Waals surface area (Å²) in [4.78, 5) is 11.9. The van der Waals surface area contributed by atoms with Gasteiger partial charge in [-0.05, 0) is 37.1 Å². The summed E-state index contributed by atoms with van der Waals surface area (Å²) in [5, 5.41) is 9.79. The monoisotopic (exact) mass is 229 g/mol. The molecule has 1 fully saturated rings. The van der Waals surface area contributed by atoms with Gasteiger partial charge >= 0.3 is 0 Å². The van der Waals surface area contributed by atoms with Crippen molar-refractivity contribution in [1.82, 2.24) is 15.4 Å². The minimum atomic E-state index is -0.142. The smallest absolute Gasteiger partial charge is 0.214 e. The van der Waals surface area contributed by atoms with Gasteiger partial charge in [0.25, 0.3) is 0 Å². The van der Waals surface area contributed by atoms with Gasteiger partial charge in [0.05, 0.1) is 12.3 Å². The zero-order valence-corrected chi connectivity index (χ0v) is 9.09. The van der Waals surface area contributed by atoms with Crippen LogP contribution in [0.1, 0.15) is 28.9 Å². The molecule has 2 aromatic rings. The molecule has 1 saturated carbocycles. The number of ether oxygens (including phenoxy) is 1. The predicted octanol–water partition coefficient (Wildman–Crippen LogP) is 1.58. The van der Waals surface area contributed by atoms with Crippen LogP contribution in [0.2, 0.25) is 0 Å². The average molecular weight is 229 g/mol. The highest BCUT2D eigenvalue weighted by Gasteiger charge is 2.23. The van der Waals surface area contributed by atoms with Crippen molar-refractivity contribution in [1.29, 1.82) is 0 Å². The van der Waals surface area contributed by atoms with Crippen molar-refractivity contribution in [3.8, 4) is 5.75 Å². The number of aromatic amines is 1. The Morgan fingerprint density at radius 2 is 2.06 bits per heavy atom. The van der Waals surface area contributed by atoms with E-state index in [0.29, 0.717) is 17.4 Å². The van der Waals surface area contributed by atoms with Gasteiger partial charge in [-0.2, -0.15) is 15.4 Å². The predicted molar refractivity (Wildman–Crippen MR) is 59.9 cm³/mol. The lowest BCUT2D eigenvalue weighted by Gasteiger charge is -2.04. The number of nitrogens with zero attached hydrogens (tertiary/aromatic N) is 2. The van der Waals surface area contributed by atoms with Gasteiger partial charge in [-0.15, -0.1) is 0 Å². The first kappa shape index (κ1) is 10.0. The molecule has 1 aliphatic carbocycles. The number of carbonyl (C=O) groups excluding carboxylic acids is 1. The lowest BCUT2D eigenvalue weighted by atomic mass is 10.1. The van der Waals surface area contributed by atoms with Gasteiger partial charge in [-0.1, -0.05) is 0 Å². The van der Waals surface area contributed by atoms with Gasteiger partial charge < -0.3 is 4.74 Å². The summed E-state index contributed by atoms with van der Waals surface area (Å²) in [6, 6.07) is 7.11. The number of ketones is 1. The number of hydrogen-bond donors (Lipinski definition) is 1. The maximum atomic E-state index is 11.9. The van der Waals surface area contributed by atoms with E-state index < -0.39 is 0 Å². The zero-order chi connectivity index (χ0) is 11.7. The van der Waals surface area contributed by atoms with Gasteiger partial charge in [0.2, 0.25) is 5.78 Å². The number of hydrogen-bond acceptors (Lipinski definition) is 4.